The first kappa shape index (κ1) is 34.2. The summed E-state index contributed by atoms with van der Waals surface area (Å²) in [6.07, 6.45) is 7.71. The number of hydrogen-bond donors (Lipinski definition) is 0. The average molecular weight is 769 g/mol. The van der Waals surface area contributed by atoms with Gasteiger partial charge in [0.1, 0.15) is 36.9 Å². The Morgan fingerprint density at radius 2 is 0.979 bits per heavy atom. The van der Waals surface area contributed by atoms with E-state index < -0.39 is 0 Å². The van der Waals surface area contributed by atoms with Crippen molar-refractivity contribution in [1.82, 2.24) is 9.80 Å². The fourth-order valence-electron chi connectivity index (χ4n) is 6.74. The molecule has 0 bridgehead atoms. The molecule has 0 saturated carbocycles. The second-order valence-corrected chi connectivity index (χ2v) is 14.4. The molecule has 0 spiro atoms. The number of piperidine rings is 2. The molecule has 0 unspecified atom stereocenters. The van der Waals surface area contributed by atoms with E-state index in [0.29, 0.717) is 22.3 Å². The highest BCUT2D eigenvalue weighted by molar-refractivity contribution is 9.10. The Kier molecular flexibility index (Phi) is 11.9. The highest BCUT2D eigenvalue weighted by atomic mass is 79.9. The quantitative estimate of drug-likeness (QED) is 0.151. The molecule has 2 aliphatic heterocycles. The van der Waals surface area contributed by atoms with Gasteiger partial charge in [0.25, 0.3) is 0 Å². The van der Waals surface area contributed by atoms with Crippen LogP contribution in [0.5, 0.6) is 11.5 Å². The van der Waals surface area contributed by atoms with Crippen LogP contribution in [0.4, 0.5) is 0 Å². The lowest BCUT2D eigenvalue weighted by molar-refractivity contribution is 0.220. The van der Waals surface area contributed by atoms with Crippen LogP contribution >= 0.6 is 31.9 Å². The van der Waals surface area contributed by atoms with Crippen molar-refractivity contribution in [3.05, 3.63) is 115 Å². The summed E-state index contributed by atoms with van der Waals surface area (Å²) >= 11 is 7.39. The summed E-state index contributed by atoms with van der Waals surface area (Å²) in [7, 11) is 0. The van der Waals surface area contributed by atoms with Gasteiger partial charge in [-0.05, 0) is 119 Å². The molecule has 0 N–H and O–H groups in total. The lowest BCUT2D eigenvalue weighted by atomic mass is 9.91. The van der Waals surface area contributed by atoms with E-state index >= 15 is 0 Å². The van der Waals surface area contributed by atoms with Gasteiger partial charge < -0.3 is 9.47 Å². The van der Waals surface area contributed by atoms with Crippen LogP contribution in [0.3, 0.4) is 0 Å². The highest BCUT2D eigenvalue weighted by Crippen LogP contribution is 2.34. The molecule has 48 heavy (non-hydrogen) atoms. The number of ether oxygens (including phenoxy) is 2. The normalized spacial score (nSPS) is 15.4. The van der Waals surface area contributed by atoms with Gasteiger partial charge in [-0.25, -0.2) is 0 Å². The second-order valence-electron chi connectivity index (χ2n) is 12.7. The third kappa shape index (κ3) is 8.49. The van der Waals surface area contributed by atoms with E-state index in [9.17, 15) is 10.5 Å². The molecule has 4 aromatic rings. The monoisotopic (exact) mass is 766 g/mol. The topological polar surface area (TPSA) is 72.5 Å². The van der Waals surface area contributed by atoms with Crippen molar-refractivity contribution in [3.63, 3.8) is 0 Å². The predicted molar refractivity (Wildman–Crippen MR) is 197 cm³/mol. The van der Waals surface area contributed by atoms with Gasteiger partial charge in [0.15, 0.2) is 0 Å². The molecule has 2 aliphatic rings. The summed E-state index contributed by atoms with van der Waals surface area (Å²) in [4.78, 5) is 5.00. The third-order valence-corrected chi connectivity index (χ3v) is 10.5. The average Bonchev–Trinajstić information content (AvgIpc) is 3.11. The van der Waals surface area contributed by atoms with Gasteiger partial charge in [0.2, 0.25) is 0 Å². The van der Waals surface area contributed by atoms with E-state index in [0.717, 1.165) is 70.8 Å². The van der Waals surface area contributed by atoms with Gasteiger partial charge in [-0.2, -0.15) is 10.5 Å². The Bertz CT molecular complexity index is 1680. The van der Waals surface area contributed by atoms with E-state index in [1.54, 1.807) is 0 Å². The lowest BCUT2D eigenvalue weighted by Crippen LogP contribution is -2.29. The van der Waals surface area contributed by atoms with Crippen LogP contribution in [-0.4, -0.2) is 36.0 Å². The number of hydrogen-bond acceptors (Lipinski definition) is 6. The Balaban J connectivity index is 1.15. The second kappa shape index (κ2) is 16.6. The van der Waals surface area contributed by atoms with Gasteiger partial charge in [0.05, 0.1) is 20.1 Å². The third-order valence-electron chi connectivity index (χ3n) is 9.28. The maximum absolute atomic E-state index is 10.3. The zero-order chi connectivity index (χ0) is 33.3. The van der Waals surface area contributed by atoms with Gasteiger partial charge >= 0.3 is 0 Å². The molecule has 0 aliphatic carbocycles. The molecule has 6 rings (SSSR count). The summed E-state index contributed by atoms with van der Waals surface area (Å²) in [5, 5.41) is 20.6. The van der Waals surface area contributed by atoms with Gasteiger partial charge in [-0.15, -0.1) is 0 Å². The van der Waals surface area contributed by atoms with Gasteiger partial charge in [-0.3, -0.25) is 9.80 Å². The Morgan fingerprint density at radius 1 is 0.562 bits per heavy atom. The zero-order valence-electron chi connectivity index (χ0n) is 27.2. The van der Waals surface area contributed by atoms with Crippen molar-refractivity contribution < 1.29 is 9.47 Å². The summed E-state index contributed by atoms with van der Waals surface area (Å²) in [6, 6.07) is 28.7. The maximum Gasteiger partial charge on any atom is 0.134 e. The Labute approximate surface area is 301 Å². The number of benzene rings is 4. The molecule has 8 heteroatoms. The fourth-order valence-corrected chi connectivity index (χ4v) is 7.82. The van der Waals surface area contributed by atoms with Crippen molar-refractivity contribution in [3.8, 4) is 34.8 Å². The SMILES string of the molecule is N#Cc1c(COc2ccc(CN3CCCCC3)cc2Br)cccc1-c1cccc(COc2ccc(CN3CCCCC3)cc2Br)c1C#N. The van der Waals surface area contributed by atoms with Crippen LogP contribution < -0.4 is 9.47 Å². The molecule has 2 fully saturated rings. The van der Waals surface area contributed by atoms with Crippen LogP contribution in [0.15, 0.2) is 81.7 Å². The fraction of sp³-hybridized carbons (Fsp3) is 0.350. The van der Waals surface area contributed by atoms with Crippen molar-refractivity contribution in [2.24, 2.45) is 0 Å². The number of likely N-dealkylation sites (tertiary alicyclic amines) is 2. The van der Waals surface area contributed by atoms with Crippen LogP contribution in [-0.2, 0) is 26.3 Å². The van der Waals surface area contributed by atoms with E-state index in [1.165, 1.54) is 49.7 Å². The van der Waals surface area contributed by atoms with Crippen molar-refractivity contribution in [2.75, 3.05) is 26.2 Å². The van der Waals surface area contributed by atoms with E-state index in [4.69, 9.17) is 9.47 Å². The van der Waals surface area contributed by atoms with E-state index in [1.807, 2.05) is 48.5 Å². The maximum atomic E-state index is 10.3. The highest BCUT2D eigenvalue weighted by Gasteiger charge is 2.18. The molecular weight excluding hydrogens is 728 g/mol. The van der Waals surface area contributed by atoms with Crippen LogP contribution in [0, 0.1) is 22.7 Å². The summed E-state index contributed by atoms with van der Waals surface area (Å²) in [5.74, 6) is 1.46. The molecule has 0 atom stereocenters. The molecule has 2 saturated heterocycles. The molecule has 2 heterocycles. The predicted octanol–water partition coefficient (Wildman–Crippen LogP) is 9.75. The van der Waals surface area contributed by atoms with E-state index in [2.05, 4.69) is 78.1 Å². The minimum absolute atomic E-state index is 0.229. The lowest BCUT2D eigenvalue weighted by Gasteiger charge is -2.26. The molecule has 246 valence electrons. The standard InChI is InChI=1S/C40H40Br2N4O2/c41-37-21-29(25-45-17-3-1-4-18-45)13-15-39(37)47-27-31-9-7-11-33(35(31)23-43)34-12-8-10-32(36(34)24-44)28-48-40-16-14-30(22-38(40)42)26-46-19-5-2-6-20-46/h7-16,21-22H,1-6,17-20,25-28H2. The Morgan fingerprint density at radius 3 is 1.35 bits per heavy atom. The molecule has 4 aromatic carbocycles. The molecular formula is C40H40Br2N4O2. The van der Waals surface area contributed by atoms with Crippen molar-refractivity contribution >= 4 is 31.9 Å². The van der Waals surface area contributed by atoms with Crippen LogP contribution in [0.1, 0.15) is 71.9 Å². The Hall–Kier alpha value is -3.66. The van der Waals surface area contributed by atoms with Crippen LogP contribution in [0.2, 0.25) is 0 Å². The number of nitriles is 2. The molecule has 0 aromatic heterocycles. The first-order valence-electron chi connectivity index (χ1n) is 16.8. The largest absolute Gasteiger partial charge is 0.488 e. The van der Waals surface area contributed by atoms with Gasteiger partial charge in [0, 0.05) is 35.3 Å². The minimum atomic E-state index is 0.229. The number of halogens is 2. The van der Waals surface area contributed by atoms with Crippen molar-refractivity contribution in [2.45, 2.75) is 64.8 Å². The number of nitrogens with zero attached hydrogens (tertiary/aromatic N) is 4. The summed E-state index contributed by atoms with van der Waals surface area (Å²) in [5.41, 5.74) is 6.43. The first-order valence-corrected chi connectivity index (χ1v) is 18.4. The summed E-state index contributed by atoms with van der Waals surface area (Å²) < 4.78 is 14.2. The van der Waals surface area contributed by atoms with Crippen LogP contribution in [0.25, 0.3) is 11.1 Å². The van der Waals surface area contributed by atoms with Gasteiger partial charge in [-0.1, -0.05) is 61.4 Å². The molecule has 0 radical (unpaired) electrons. The molecule has 0 amide bonds. The summed E-state index contributed by atoms with van der Waals surface area (Å²) in [6.45, 7) is 6.93. The molecule has 6 nitrogen and oxygen atoms in total. The zero-order valence-corrected chi connectivity index (χ0v) is 30.4. The van der Waals surface area contributed by atoms with E-state index in [-0.39, 0.29) is 13.2 Å². The number of rotatable bonds is 11. The van der Waals surface area contributed by atoms with Crippen molar-refractivity contribution in [1.29, 1.82) is 10.5 Å². The first-order chi connectivity index (χ1) is 23.5. The smallest absolute Gasteiger partial charge is 0.134 e. The minimum Gasteiger partial charge on any atom is -0.488 e.